The van der Waals surface area contributed by atoms with Gasteiger partial charge >= 0.3 is 0 Å². The van der Waals surface area contributed by atoms with Crippen molar-refractivity contribution in [1.29, 1.82) is 0 Å². The lowest BCUT2D eigenvalue weighted by Gasteiger charge is -2.31. The predicted octanol–water partition coefficient (Wildman–Crippen LogP) is 4.37. The summed E-state index contributed by atoms with van der Waals surface area (Å²) in [6.45, 7) is 3.95. The number of benzene rings is 3. The highest BCUT2D eigenvalue weighted by atomic mass is 16.2. The molecule has 0 fully saturated rings. The normalized spacial score (nSPS) is 14.3. The smallest absolute Gasteiger partial charge is 0.261 e. The van der Waals surface area contributed by atoms with Crippen LogP contribution >= 0.6 is 0 Å². The van der Waals surface area contributed by atoms with Gasteiger partial charge in [0, 0.05) is 25.7 Å². The molecule has 0 aromatic heterocycles. The van der Waals surface area contributed by atoms with E-state index < -0.39 is 0 Å². The van der Waals surface area contributed by atoms with Gasteiger partial charge in [0.25, 0.3) is 11.8 Å². The van der Waals surface area contributed by atoms with Gasteiger partial charge in [0.2, 0.25) is 0 Å². The first-order chi connectivity index (χ1) is 14.1. The largest absolute Gasteiger partial charge is 0.290 e. The summed E-state index contributed by atoms with van der Waals surface area (Å²) in [5.74, 6) is -0.395. The molecule has 4 heteroatoms. The number of nitrogens with zero attached hydrogens (tertiary/aromatic N) is 2. The zero-order valence-corrected chi connectivity index (χ0v) is 16.5. The molecular formula is C25H24N2O2. The molecule has 0 radical (unpaired) electrons. The second-order valence-electron chi connectivity index (χ2n) is 7.49. The number of hydrogen-bond acceptors (Lipinski definition) is 3. The Morgan fingerprint density at radius 2 is 1.10 bits per heavy atom. The highest BCUT2D eigenvalue weighted by Gasteiger charge is 2.36. The molecule has 1 heterocycles. The number of carbonyl (C=O) groups is 2. The van der Waals surface area contributed by atoms with Crippen molar-refractivity contribution >= 4 is 11.8 Å². The molecule has 3 aromatic rings. The summed E-state index contributed by atoms with van der Waals surface area (Å²) in [5.41, 5.74) is 3.42. The maximum absolute atomic E-state index is 12.8. The van der Waals surface area contributed by atoms with Gasteiger partial charge in [0.1, 0.15) is 0 Å². The van der Waals surface area contributed by atoms with Crippen LogP contribution in [0.5, 0.6) is 0 Å². The van der Waals surface area contributed by atoms with Gasteiger partial charge in [0.15, 0.2) is 0 Å². The minimum Gasteiger partial charge on any atom is -0.290 e. The van der Waals surface area contributed by atoms with Crippen molar-refractivity contribution in [1.82, 2.24) is 9.80 Å². The van der Waals surface area contributed by atoms with Gasteiger partial charge in [-0.25, -0.2) is 0 Å². The Hall–Kier alpha value is -3.24. The molecule has 4 nitrogen and oxygen atoms in total. The van der Waals surface area contributed by atoms with Crippen molar-refractivity contribution in [2.24, 2.45) is 0 Å². The second kappa shape index (κ2) is 8.41. The first kappa shape index (κ1) is 19.1. The Morgan fingerprint density at radius 1 is 0.690 bits per heavy atom. The van der Waals surface area contributed by atoms with E-state index in [0.29, 0.717) is 17.7 Å². The van der Waals surface area contributed by atoms with E-state index in [2.05, 4.69) is 36.1 Å². The Kier molecular flexibility index (Phi) is 5.54. The van der Waals surface area contributed by atoms with Crippen LogP contribution in [0.1, 0.15) is 38.8 Å². The molecule has 3 aromatic carbocycles. The highest BCUT2D eigenvalue weighted by Crippen LogP contribution is 2.24. The van der Waals surface area contributed by atoms with E-state index in [0.717, 1.165) is 13.1 Å². The van der Waals surface area contributed by atoms with Gasteiger partial charge in [-0.2, -0.15) is 0 Å². The van der Waals surface area contributed by atoms with E-state index in [1.54, 1.807) is 24.3 Å². The minimum absolute atomic E-state index is 0.0117. The van der Waals surface area contributed by atoms with E-state index in [1.165, 1.54) is 16.0 Å². The standard InChI is InChI=1S/C25H24N2O2/c1-19(16-27-24(28)22-14-8-9-15-23(22)25(27)29)26(17-20-10-4-2-5-11-20)18-21-12-6-3-7-13-21/h2-15,19H,16-18H2,1H3. The van der Waals surface area contributed by atoms with Crippen LogP contribution in [-0.4, -0.2) is 34.2 Å². The third-order valence-corrected chi connectivity index (χ3v) is 5.41. The first-order valence-corrected chi connectivity index (χ1v) is 9.90. The van der Waals surface area contributed by atoms with E-state index in [1.807, 2.05) is 36.4 Å². The maximum atomic E-state index is 12.8. The van der Waals surface area contributed by atoms with Crippen molar-refractivity contribution < 1.29 is 9.59 Å². The molecule has 4 rings (SSSR count). The molecule has 1 aliphatic rings. The van der Waals surface area contributed by atoms with Gasteiger partial charge in [-0.1, -0.05) is 72.8 Å². The molecule has 0 bridgehead atoms. The second-order valence-corrected chi connectivity index (χ2v) is 7.49. The van der Waals surface area contributed by atoms with E-state index in [9.17, 15) is 9.59 Å². The third-order valence-electron chi connectivity index (χ3n) is 5.41. The number of hydrogen-bond donors (Lipinski definition) is 0. The van der Waals surface area contributed by atoms with Crippen molar-refractivity contribution in [3.8, 4) is 0 Å². The number of rotatable bonds is 7. The monoisotopic (exact) mass is 384 g/mol. The fourth-order valence-corrected chi connectivity index (χ4v) is 3.79. The van der Waals surface area contributed by atoms with Gasteiger partial charge < -0.3 is 0 Å². The summed E-state index contributed by atoms with van der Waals surface area (Å²) >= 11 is 0. The van der Waals surface area contributed by atoms with Gasteiger partial charge in [-0.15, -0.1) is 0 Å². The average Bonchev–Trinajstić information content (AvgIpc) is 3.00. The molecule has 2 amide bonds. The van der Waals surface area contributed by atoms with E-state index in [4.69, 9.17) is 0 Å². The van der Waals surface area contributed by atoms with Crippen LogP contribution in [0.25, 0.3) is 0 Å². The molecule has 0 spiro atoms. The lowest BCUT2D eigenvalue weighted by Crippen LogP contribution is -2.43. The van der Waals surface area contributed by atoms with Crippen LogP contribution in [0.4, 0.5) is 0 Å². The molecule has 0 saturated carbocycles. The van der Waals surface area contributed by atoms with E-state index in [-0.39, 0.29) is 17.9 Å². The van der Waals surface area contributed by atoms with Crippen LogP contribution in [-0.2, 0) is 13.1 Å². The summed E-state index contributed by atoms with van der Waals surface area (Å²) in [4.78, 5) is 29.2. The lowest BCUT2D eigenvalue weighted by molar-refractivity contribution is 0.0587. The van der Waals surface area contributed by atoms with E-state index >= 15 is 0 Å². The number of imide groups is 1. The molecule has 146 valence electrons. The van der Waals surface area contributed by atoms with Crippen LogP contribution in [0, 0.1) is 0 Å². The topological polar surface area (TPSA) is 40.6 Å². The Bertz CT molecular complexity index is 925. The van der Waals surface area contributed by atoms with Crippen LogP contribution in [0.2, 0.25) is 0 Å². The number of fused-ring (bicyclic) bond motifs is 1. The molecular weight excluding hydrogens is 360 g/mol. The Balaban J connectivity index is 1.54. The van der Waals surface area contributed by atoms with Gasteiger partial charge in [-0.05, 0) is 30.2 Å². The summed E-state index contributed by atoms with van der Waals surface area (Å²) in [6.07, 6.45) is 0. The van der Waals surface area contributed by atoms with Crippen molar-refractivity contribution in [3.05, 3.63) is 107 Å². The summed E-state index contributed by atoms with van der Waals surface area (Å²) in [7, 11) is 0. The Morgan fingerprint density at radius 3 is 1.55 bits per heavy atom. The van der Waals surface area contributed by atoms with Crippen molar-refractivity contribution in [2.45, 2.75) is 26.1 Å². The molecule has 29 heavy (non-hydrogen) atoms. The predicted molar refractivity (Wildman–Crippen MR) is 113 cm³/mol. The molecule has 1 atom stereocenters. The maximum Gasteiger partial charge on any atom is 0.261 e. The lowest BCUT2D eigenvalue weighted by atomic mass is 10.1. The summed E-state index contributed by atoms with van der Waals surface area (Å²) < 4.78 is 0. The quantitative estimate of drug-likeness (QED) is 0.568. The molecule has 0 N–H and O–H groups in total. The number of amides is 2. The van der Waals surface area contributed by atoms with Crippen LogP contribution in [0.15, 0.2) is 84.9 Å². The molecule has 1 unspecified atom stereocenters. The summed E-state index contributed by atoms with van der Waals surface area (Å²) in [5, 5.41) is 0. The Labute approximate surface area is 171 Å². The minimum atomic E-state index is -0.197. The van der Waals surface area contributed by atoms with Crippen LogP contribution < -0.4 is 0 Å². The van der Waals surface area contributed by atoms with Gasteiger partial charge in [-0.3, -0.25) is 19.4 Å². The third kappa shape index (κ3) is 4.13. The SMILES string of the molecule is CC(CN1C(=O)c2ccccc2C1=O)N(Cc1ccccc1)Cc1ccccc1. The summed E-state index contributed by atoms with van der Waals surface area (Å²) in [6, 6.07) is 27.6. The zero-order chi connectivity index (χ0) is 20.2. The highest BCUT2D eigenvalue weighted by molar-refractivity contribution is 6.21. The number of carbonyl (C=O) groups excluding carboxylic acids is 2. The van der Waals surface area contributed by atoms with Crippen molar-refractivity contribution in [2.75, 3.05) is 6.54 Å². The fraction of sp³-hybridized carbons (Fsp3) is 0.200. The fourth-order valence-electron chi connectivity index (χ4n) is 3.79. The molecule has 1 aliphatic heterocycles. The van der Waals surface area contributed by atoms with Gasteiger partial charge in [0.05, 0.1) is 11.1 Å². The molecule has 0 saturated heterocycles. The molecule has 0 aliphatic carbocycles. The first-order valence-electron chi connectivity index (χ1n) is 9.90. The average molecular weight is 384 g/mol. The van der Waals surface area contributed by atoms with Crippen LogP contribution in [0.3, 0.4) is 0 Å². The zero-order valence-electron chi connectivity index (χ0n) is 16.5. The van der Waals surface area contributed by atoms with Crippen molar-refractivity contribution in [3.63, 3.8) is 0 Å².